The minimum Gasteiger partial charge on any atom is -0.311 e. The highest BCUT2D eigenvalue weighted by Crippen LogP contribution is 2.25. The Hall–Kier alpha value is -1.89. The predicted octanol–water partition coefficient (Wildman–Crippen LogP) is 3.18. The second-order valence-corrected chi connectivity index (χ2v) is 8.87. The van der Waals surface area contributed by atoms with Crippen LogP contribution in [0.4, 0.5) is 5.69 Å². The summed E-state index contributed by atoms with van der Waals surface area (Å²) in [6, 6.07) is 11.9. The zero-order valence-electron chi connectivity index (χ0n) is 14.7. The van der Waals surface area contributed by atoms with Gasteiger partial charge in [-0.1, -0.05) is 29.8 Å². The van der Waals surface area contributed by atoms with E-state index < -0.39 is 16.1 Å². The van der Waals surface area contributed by atoms with Crippen LogP contribution in [-0.4, -0.2) is 26.9 Å². The van der Waals surface area contributed by atoms with Crippen molar-refractivity contribution in [1.82, 2.24) is 4.72 Å². The summed E-state index contributed by atoms with van der Waals surface area (Å²) in [4.78, 5) is 14.3. The number of carbonyl (C=O) groups is 1. The molecule has 1 saturated heterocycles. The topological polar surface area (TPSA) is 66.5 Å². The molecule has 0 aliphatic carbocycles. The Labute approximate surface area is 159 Å². The van der Waals surface area contributed by atoms with E-state index in [2.05, 4.69) is 4.72 Å². The number of aryl methyl sites for hydroxylation is 2. The van der Waals surface area contributed by atoms with E-state index in [0.717, 1.165) is 16.8 Å². The van der Waals surface area contributed by atoms with Gasteiger partial charge < -0.3 is 4.90 Å². The average Bonchev–Trinajstić information content (AvgIpc) is 2.86. The quantitative estimate of drug-likeness (QED) is 0.849. The minimum absolute atomic E-state index is 0.207. The van der Waals surface area contributed by atoms with Crippen molar-refractivity contribution < 1.29 is 13.2 Å². The van der Waals surface area contributed by atoms with Crippen molar-refractivity contribution in [3.8, 4) is 0 Å². The molecule has 1 fully saturated rings. The smallest absolute Gasteiger partial charge is 0.245 e. The van der Waals surface area contributed by atoms with Gasteiger partial charge in [0.1, 0.15) is 6.04 Å². The second kappa shape index (κ2) is 7.39. The summed E-state index contributed by atoms with van der Waals surface area (Å²) in [6.45, 7) is 4.44. The molecule has 1 amide bonds. The Balaban J connectivity index is 1.72. The molecule has 3 rings (SSSR count). The van der Waals surface area contributed by atoms with Gasteiger partial charge >= 0.3 is 0 Å². The summed E-state index contributed by atoms with van der Waals surface area (Å²) in [5.74, 6) is -0.425. The highest BCUT2D eigenvalue weighted by atomic mass is 35.5. The van der Waals surface area contributed by atoms with Crippen molar-refractivity contribution >= 4 is 33.2 Å². The van der Waals surface area contributed by atoms with E-state index in [9.17, 15) is 13.2 Å². The molecule has 0 saturated carbocycles. The molecule has 0 spiro atoms. The van der Waals surface area contributed by atoms with Crippen LogP contribution >= 0.6 is 11.6 Å². The second-order valence-electron chi connectivity index (χ2n) is 6.68. The molecular formula is C19H21ClN2O3S. The third-order valence-corrected chi connectivity index (χ3v) is 5.88. The maximum atomic E-state index is 12.7. The molecule has 1 aliphatic rings. The van der Waals surface area contributed by atoms with E-state index in [1.54, 1.807) is 29.2 Å². The Bertz CT molecular complexity index is 923. The van der Waals surface area contributed by atoms with Crippen LogP contribution in [0.15, 0.2) is 42.5 Å². The zero-order chi connectivity index (χ0) is 18.9. The maximum Gasteiger partial charge on any atom is 0.245 e. The van der Waals surface area contributed by atoms with E-state index in [0.29, 0.717) is 23.6 Å². The van der Waals surface area contributed by atoms with Crippen LogP contribution in [0.1, 0.15) is 23.1 Å². The number of carbonyl (C=O) groups excluding carboxylic acids is 1. The summed E-state index contributed by atoms with van der Waals surface area (Å²) in [5.41, 5.74) is 3.53. The molecule has 1 aliphatic heterocycles. The van der Waals surface area contributed by atoms with E-state index in [1.807, 2.05) is 32.0 Å². The minimum atomic E-state index is -3.65. The lowest BCUT2D eigenvalue weighted by Gasteiger charge is -2.18. The number of hydrogen-bond donors (Lipinski definition) is 1. The number of sulfonamides is 1. The molecule has 0 radical (unpaired) electrons. The SMILES string of the molecule is Cc1cc(C)cc(N2CCC(NS(=O)(=O)Cc3cccc(Cl)c3)C2=O)c1. The number of amides is 1. The first-order valence-corrected chi connectivity index (χ1v) is 10.4. The Morgan fingerprint density at radius 2 is 1.85 bits per heavy atom. The Morgan fingerprint density at radius 3 is 2.50 bits per heavy atom. The van der Waals surface area contributed by atoms with Gasteiger partial charge in [0, 0.05) is 17.3 Å². The van der Waals surface area contributed by atoms with Crippen LogP contribution in [-0.2, 0) is 20.6 Å². The fraction of sp³-hybridized carbons (Fsp3) is 0.316. The first kappa shape index (κ1) is 18.9. The monoisotopic (exact) mass is 392 g/mol. The fourth-order valence-electron chi connectivity index (χ4n) is 3.26. The third kappa shape index (κ3) is 4.44. The lowest BCUT2D eigenvalue weighted by atomic mass is 10.1. The molecule has 1 atom stereocenters. The Morgan fingerprint density at radius 1 is 1.15 bits per heavy atom. The summed E-state index contributed by atoms with van der Waals surface area (Å²) in [6.07, 6.45) is 0.445. The van der Waals surface area contributed by atoms with Crippen molar-refractivity contribution in [3.05, 3.63) is 64.2 Å². The van der Waals surface area contributed by atoms with Gasteiger partial charge in [0.05, 0.1) is 5.75 Å². The van der Waals surface area contributed by atoms with Crippen molar-refractivity contribution in [3.63, 3.8) is 0 Å². The molecule has 5 nitrogen and oxygen atoms in total. The first-order chi connectivity index (χ1) is 12.2. The van der Waals surface area contributed by atoms with Gasteiger partial charge in [-0.05, 0) is 61.2 Å². The van der Waals surface area contributed by atoms with E-state index in [4.69, 9.17) is 11.6 Å². The van der Waals surface area contributed by atoms with Crippen molar-refractivity contribution in [2.45, 2.75) is 32.1 Å². The summed E-state index contributed by atoms with van der Waals surface area (Å²) in [7, 11) is -3.65. The number of hydrogen-bond acceptors (Lipinski definition) is 3. The van der Waals surface area contributed by atoms with Crippen LogP contribution < -0.4 is 9.62 Å². The van der Waals surface area contributed by atoms with Crippen LogP contribution in [0.2, 0.25) is 5.02 Å². The highest BCUT2D eigenvalue weighted by molar-refractivity contribution is 7.88. The van der Waals surface area contributed by atoms with Crippen molar-refractivity contribution in [1.29, 1.82) is 0 Å². The van der Waals surface area contributed by atoms with E-state index in [1.165, 1.54) is 0 Å². The lowest BCUT2D eigenvalue weighted by molar-refractivity contribution is -0.118. The van der Waals surface area contributed by atoms with Crippen LogP contribution in [0, 0.1) is 13.8 Å². The summed E-state index contributed by atoms with van der Waals surface area (Å²) >= 11 is 5.90. The van der Waals surface area contributed by atoms with Crippen molar-refractivity contribution in [2.75, 3.05) is 11.4 Å². The van der Waals surface area contributed by atoms with Crippen LogP contribution in [0.5, 0.6) is 0 Å². The predicted molar refractivity (Wildman–Crippen MR) is 104 cm³/mol. The number of halogens is 1. The first-order valence-electron chi connectivity index (χ1n) is 8.38. The number of nitrogens with zero attached hydrogens (tertiary/aromatic N) is 1. The maximum absolute atomic E-state index is 12.7. The van der Waals surface area contributed by atoms with Gasteiger partial charge in [-0.2, -0.15) is 0 Å². The van der Waals surface area contributed by atoms with Gasteiger partial charge in [-0.15, -0.1) is 0 Å². The normalized spacial score (nSPS) is 17.7. The molecule has 1 N–H and O–H groups in total. The van der Waals surface area contributed by atoms with Crippen LogP contribution in [0.3, 0.4) is 0 Å². The average molecular weight is 393 g/mol. The van der Waals surface area contributed by atoms with Gasteiger partial charge in [0.25, 0.3) is 0 Å². The van der Waals surface area contributed by atoms with Crippen LogP contribution in [0.25, 0.3) is 0 Å². The third-order valence-electron chi connectivity index (χ3n) is 4.29. The molecule has 26 heavy (non-hydrogen) atoms. The van der Waals surface area contributed by atoms with Gasteiger partial charge in [-0.25, -0.2) is 13.1 Å². The van der Waals surface area contributed by atoms with Gasteiger partial charge in [-0.3, -0.25) is 4.79 Å². The standard InChI is InChI=1S/C19H21ClN2O3S/c1-13-8-14(2)10-17(9-13)22-7-6-18(19(22)23)21-26(24,25)12-15-4-3-5-16(20)11-15/h3-5,8-11,18,21H,6-7,12H2,1-2H3. The molecular weight excluding hydrogens is 372 g/mol. The molecule has 1 heterocycles. The summed E-state index contributed by atoms with van der Waals surface area (Å²) < 4.78 is 27.4. The number of benzene rings is 2. The Kier molecular flexibility index (Phi) is 5.37. The van der Waals surface area contributed by atoms with Gasteiger partial charge in [0.15, 0.2) is 0 Å². The number of rotatable bonds is 5. The highest BCUT2D eigenvalue weighted by Gasteiger charge is 2.35. The molecule has 0 aromatic heterocycles. The number of anilines is 1. The number of nitrogens with one attached hydrogen (secondary N) is 1. The fourth-order valence-corrected chi connectivity index (χ4v) is 4.82. The lowest BCUT2D eigenvalue weighted by Crippen LogP contribution is -2.42. The van der Waals surface area contributed by atoms with Crippen molar-refractivity contribution in [2.24, 2.45) is 0 Å². The molecule has 2 aromatic carbocycles. The molecule has 0 bridgehead atoms. The molecule has 138 valence electrons. The van der Waals surface area contributed by atoms with E-state index in [-0.39, 0.29) is 11.7 Å². The molecule has 7 heteroatoms. The summed E-state index contributed by atoms with van der Waals surface area (Å²) in [5, 5.41) is 0.482. The largest absolute Gasteiger partial charge is 0.311 e. The molecule has 2 aromatic rings. The zero-order valence-corrected chi connectivity index (χ0v) is 16.3. The van der Waals surface area contributed by atoms with Gasteiger partial charge in [0.2, 0.25) is 15.9 Å². The van der Waals surface area contributed by atoms with E-state index >= 15 is 0 Å². The molecule has 1 unspecified atom stereocenters.